The van der Waals surface area contributed by atoms with Crippen molar-refractivity contribution in [2.45, 2.75) is 31.6 Å². The van der Waals surface area contributed by atoms with E-state index in [1.165, 1.54) is 11.1 Å². The quantitative estimate of drug-likeness (QED) is 0.721. The molecule has 0 saturated heterocycles. The van der Waals surface area contributed by atoms with Gasteiger partial charge in [0.15, 0.2) is 0 Å². The van der Waals surface area contributed by atoms with E-state index in [1.807, 2.05) is 6.07 Å². The topological polar surface area (TPSA) is 26.3 Å². The van der Waals surface area contributed by atoms with E-state index in [1.54, 1.807) is 7.11 Å². The molecular weight excluding hydrogens is 200 g/mol. The van der Waals surface area contributed by atoms with E-state index in [2.05, 4.69) is 12.1 Å². The number of ether oxygens (including phenoxy) is 1. The van der Waals surface area contributed by atoms with Gasteiger partial charge in [-0.15, -0.1) is 0 Å². The largest absolute Gasteiger partial charge is 0.497 e. The van der Waals surface area contributed by atoms with Gasteiger partial charge in [-0.3, -0.25) is 4.79 Å². The van der Waals surface area contributed by atoms with Gasteiger partial charge in [0.2, 0.25) is 0 Å². The van der Waals surface area contributed by atoms with E-state index in [4.69, 9.17) is 4.74 Å². The van der Waals surface area contributed by atoms with Crippen LogP contribution in [0.4, 0.5) is 0 Å². The fourth-order valence-electron chi connectivity index (χ4n) is 3.23. The van der Waals surface area contributed by atoms with E-state index < -0.39 is 0 Å². The van der Waals surface area contributed by atoms with Crippen molar-refractivity contribution in [1.82, 2.24) is 0 Å². The van der Waals surface area contributed by atoms with Gasteiger partial charge in [0.25, 0.3) is 0 Å². The Hall–Kier alpha value is -1.31. The molecule has 1 aromatic carbocycles. The normalized spacial score (nSPS) is 27.4. The number of ketones is 1. The Balaban J connectivity index is 2.00. The average molecular weight is 216 g/mol. The van der Waals surface area contributed by atoms with Crippen molar-refractivity contribution in [3.63, 3.8) is 0 Å². The van der Waals surface area contributed by atoms with Gasteiger partial charge >= 0.3 is 0 Å². The number of rotatable bonds is 1. The van der Waals surface area contributed by atoms with Crippen LogP contribution in [0.25, 0.3) is 0 Å². The van der Waals surface area contributed by atoms with E-state index >= 15 is 0 Å². The molecule has 1 fully saturated rings. The predicted molar refractivity (Wildman–Crippen MR) is 61.8 cm³/mol. The second kappa shape index (κ2) is 3.62. The summed E-state index contributed by atoms with van der Waals surface area (Å²) in [6.07, 6.45) is 3.82. The highest BCUT2D eigenvalue weighted by Gasteiger charge is 2.37. The molecule has 3 rings (SSSR count). The Morgan fingerprint density at radius 1 is 1.31 bits per heavy atom. The third-order valence-electron chi connectivity index (χ3n) is 4.04. The Bertz CT molecular complexity index is 436. The van der Waals surface area contributed by atoms with Gasteiger partial charge in [-0.2, -0.15) is 0 Å². The molecule has 0 aromatic heterocycles. The summed E-state index contributed by atoms with van der Waals surface area (Å²) in [7, 11) is 1.70. The Morgan fingerprint density at radius 3 is 3.00 bits per heavy atom. The summed E-state index contributed by atoms with van der Waals surface area (Å²) in [5.74, 6) is 2.47. The second-order valence-corrected chi connectivity index (χ2v) is 4.92. The molecule has 2 aliphatic carbocycles. The van der Waals surface area contributed by atoms with E-state index in [0.29, 0.717) is 17.6 Å². The Kier molecular flexibility index (Phi) is 2.23. The summed E-state index contributed by atoms with van der Waals surface area (Å²) in [4.78, 5) is 11.5. The minimum atomic E-state index is 0.443. The van der Waals surface area contributed by atoms with Gasteiger partial charge in [0.1, 0.15) is 11.5 Å². The van der Waals surface area contributed by atoms with Crippen molar-refractivity contribution >= 4 is 5.78 Å². The molecule has 2 nitrogen and oxygen atoms in total. The van der Waals surface area contributed by atoms with Gasteiger partial charge in [0.05, 0.1) is 7.11 Å². The average Bonchev–Trinajstić information content (AvgIpc) is 2.69. The molecule has 0 bridgehead atoms. The number of hydrogen-bond acceptors (Lipinski definition) is 2. The maximum atomic E-state index is 11.5. The van der Waals surface area contributed by atoms with Gasteiger partial charge in [-0.25, -0.2) is 0 Å². The molecule has 0 unspecified atom stereocenters. The Morgan fingerprint density at radius 2 is 2.19 bits per heavy atom. The first-order chi connectivity index (χ1) is 7.78. The van der Waals surface area contributed by atoms with Crippen LogP contribution in [0.3, 0.4) is 0 Å². The third-order valence-corrected chi connectivity index (χ3v) is 4.04. The molecular formula is C14H16O2. The minimum absolute atomic E-state index is 0.443. The summed E-state index contributed by atoms with van der Waals surface area (Å²) in [6, 6.07) is 6.31. The monoisotopic (exact) mass is 216 g/mol. The van der Waals surface area contributed by atoms with Gasteiger partial charge in [0, 0.05) is 12.8 Å². The zero-order chi connectivity index (χ0) is 11.1. The highest BCUT2D eigenvalue weighted by atomic mass is 16.5. The van der Waals surface area contributed by atoms with Crippen LogP contribution in [0.15, 0.2) is 18.2 Å². The zero-order valence-electron chi connectivity index (χ0n) is 9.53. The molecule has 2 heteroatoms. The van der Waals surface area contributed by atoms with Crippen molar-refractivity contribution < 1.29 is 9.53 Å². The van der Waals surface area contributed by atoms with Crippen LogP contribution in [0, 0.1) is 5.92 Å². The first kappa shape index (κ1) is 9.88. The summed E-state index contributed by atoms with van der Waals surface area (Å²) < 4.78 is 5.25. The molecule has 0 heterocycles. The summed E-state index contributed by atoms with van der Waals surface area (Å²) in [6.45, 7) is 0. The molecule has 0 radical (unpaired) electrons. The molecule has 0 amide bonds. The number of carbonyl (C=O) groups is 1. The summed E-state index contributed by atoms with van der Waals surface area (Å²) >= 11 is 0. The molecule has 2 atom stereocenters. The number of methoxy groups -OCH3 is 1. The first-order valence-corrected chi connectivity index (χ1v) is 5.96. The molecule has 0 N–H and O–H groups in total. The molecule has 0 spiro atoms. The molecule has 16 heavy (non-hydrogen) atoms. The number of aryl methyl sites for hydroxylation is 1. The van der Waals surface area contributed by atoms with Crippen molar-refractivity contribution in [2.24, 2.45) is 5.92 Å². The minimum Gasteiger partial charge on any atom is -0.497 e. The lowest BCUT2D eigenvalue weighted by Crippen LogP contribution is -2.15. The number of Topliss-reactive ketones (excluding diaryl/α,β-unsaturated/α-hetero) is 1. The zero-order valence-corrected chi connectivity index (χ0v) is 9.53. The number of fused-ring (bicyclic) bond motifs is 3. The van der Waals surface area contributed by atoms with Crippen LogP contribution in [-0.4, -0.2) is 12.9 Å². The van der Waals surface area contributed by atoms with Gasteiger partial charge in [-0.05, 0) is 47.9 Å². The van der Waals surface area contributed by atoms with Gasteiger partial charge < -0.3 is 4.74 Å². The lowest BCUT2D eigenvalue weighted by Gasteiger charge is -2.27. The van der Waals surface area contributed by atoms with Crippen LogP contribution in [0.1, 0.15) is 36.3 Å². The molecule has 1 aromatic rings. The fourth-order valence-corrected chi connectivity index (χ4v) is 3.23. The lowest BCUT2D eigenvalue weighted by molar-refractivity contribution is -0.117. The van der Waals surface area contributed by atoms with Gasteiger partial charge in [-0.1, -0.05) is 6.07 Å². The van der Waals surface area contributed by atoms with Crippen LogP contribution in [0.2, 0.25) is 0 Å². The summed E-state index contributed by atoms with van der Waals surface area (Å²) in [5.41, 5.74) is 2.78. The second-order valence-electron chi connectivity index (χ2n) is 4.92. The smallest absolute Gasteiger partial charge is 0.133 e. The predicted octanol–water partition coefficient (Wildman–Crippen LogP) is 2.70. The standard InChI is InChI=1S/C14H16O2/c1-16-12-4-5-13-10(7-12)3-2-9-6-11(15)8-14(9)13/h4-5,7,9,14H,2-3,6,8H2,1H3/t9-,14-/m1/s1. The maximum Gasteiger partial charge on any atom is 0.133 e. The third kappa shape index (κ3) is 1.44. The fraction of sp³-hybridized carbons (Fsp3) is 0.500. The number of benzene rings is 1. The van der Waals surface area contributed by atoms with Crippen LogP contribution < -0.4 is 4.74 Å². The van der Waals surface area contributed by atoms with E-state index in [-0.39, 0.29) is 0 Å². The van der Waals surface area contributed by atoms with Crippen molar-refractivity contribution in [1.29, 1.82) is 0 Å². The number of hydrogen-bond donors (Lipinski definition) is 0. The summed E-state index contributed by atoms with van der Waals surface area (Å²) in [5, 5.41) is 0. The first-order valence-electron chi connectivity index (χ1n) is 5.96. The molecule has 1 saturated carbocycles. The van der Waals surface area contributed by atoms with Crippen molar-refractivity contribution in [3.05, 3.63) is 29.3 Å². The van der Waals surface area contributed by atoms with Crippen molar-refractivity contribution in [2.75, 3.05) is 7.11 Å². The highest BCUT2D eigenvalue weighted by molar-refractivity contribution is 5.82. The highest BCUT2D eigenvalue weighted by Crippen LogP contribution is 2.45. The van der Waals surface area contributed by atoms with E-state index in [9.17, 15) is 4.79 Å². The van der Waals surface area contributed by atoms with Crippen LogP contribution >= 0.6 is 0 Å². The SMILES string of the molecule is COc1ccc2c(c1)CC[C@@H]1CC(=O)C[C@@H]21. The Labute approximate surface area is 95.6 Å². The molecule has 84 valence electrons. The van der Waals surface area contributed by atoms with Crippen LogP contribution in [0.5, 0.6) is 5.75 Å². The number of carbonyl (C=O) groups excluding carboxylic acids is 1. The molecule has 0 aliphatic heterocycles. The lowest BCUT2D eigenvalue weighted by atomic mass is 9.77. The maximum absolute atomic E-state index is 11.5. The molecule has 2 aliphatic rings. The van der Waals surface area contributed by atoms with Crippen molar-refractivity contribution in [3.8, 4) is 5.75 Å². The van der Waals surface area contributed by atoms with Crippen LogP contribution in [-0.2, 0) is 11.2 Å². The van der Waals surface area contributed by atoms with E-state index in [0.717, 1.165) is 31.4 Å².